The maximum atomic E-state index is 5.94. The molecule has 3 nitrogen and oxygen atoms in total. The molecule has 1 aliphatic carbocycles. The highest BCUT2D eigenvalue weighted by molar-refractivity contribution is 4.82. The fraction of sp³-hybridized carbons (Fsp3) is 1.00. The number of hydrogen-bond acceptors (Lipinski definition) is 3. The van der Waals surface area contributed by atoms with E-state index in [0.29, 0.717) is 0 Å². The topological polar surface area (TPSA) is 32.5 Å². The summed E-state index contributed by atoms with van der Waals surface area (Å²) in [5, 5.41) is 0. The molecule has 2 aliphatic rings. The number of likely N-dealkylation sites (tertiary alicyclic amines) is 1. The Kier molecular flexibility index (Phi) is 5.46. The van der Waals surface area contributed by atoms with E-state index in [2.05, 4.69) is 23.9 Å². The van der Waals surface area contributed by atoms with Crippen LogP contribution in [0, 0.1) is 11.8 Å². The molecule has 2 unspecified atom stereocenters. The number of piperidine rings is 1. The molecule has 1 aliphatic heterocycles. The molecule has 106 valence electrons. The molecule has 2 N–H and O–H groups in total. The lowest BCUT2D eigenvalue weighted by molar-refractivity contribution is 0.102. The van der Waals surface area contributed by atoms with E-state index >= 15 is 0 Å². The second-order valence-electron chi connectivity index (χ2n) is 6.51. The molecule has 2 atom stereocenters. The van der Waals surface area contributed by atoms with E-state index in [1.54, 1.807) is 0 Å². The summed E-state index contributed by atoms with van der Waals surface area (Å²) in [4.78, 5) is 5.08. The van der Waals surface area contributed by atoms with Crippen molar-refractivity contribution in [3.63, 3.8) is 0 Å². The molecule has 0 bridgehead atoms. The van der Waals surface area contributed by atoms with Gasteiger partial charge in [0.2, 0.25) is 0 Å². The van der Waals surface area contributed by atoms with E-state index in [1.807, 2.05) is 0 Å². The van der Waals surface area contributed by atoms with E-state index < -0.39 is 0 Å². The van der Waals surface area contributed by atoms with Crippen LogP contribution in [0.15, 0.2) is 0 Å². The highest BCUT2D eigenvalue weighted by atomic mass is 15.2. The van der Waals surface area contributed by atoms with Gasteiger partial charge in [0.1, 0.15) is 0 Å². The van der Waals surface area contributed by atoms with Crippen molar-refractivity contribution in [3.8, 4) is 0 Å². The molecule has 0 amide bonds. The average molecular weight is 253 g/mol. The van der Waals surface area contributed by atoms with Crippen molar-refractivity contribution in [1.82, 2.24) is 9.80 Å². The Balaban J connectivity index is 1.80. The van der Waals surface area contributed by atoms with Gasteiger partial charge in [0.25, 0.3) is 0 Å². The van der Waals surface area contributed by atoms with Crippen molar-refractivity contribution in [3.05, 3.63) is 0 Å². The van der Waals surface area contributed by atoms with E-state index in [9.17, 15) is 0 Å². The Morgan fingerprint density at radius 3 is 2.28 bits per heavy atom. The molecule has 0 aromatic rings. The lowest BCUT2D eigenvalue weighted by Gasteiger charge is -2.39. The summed E-state index contributed by atoms with van der Waals surface area (Å²) < 4.78 is 0. The van der Waals surface area contributed by atoms with Crippen molar-refractivity contribution in [2.75, 3.05) is 40.3 Å². The van der Waals surface area contributed by atoms with Crippen LogP contribution in [-0.2, 0) is 0 Å². The molecule has 1 heterocycles. The Morgan fingerprint density at radius 1 is 1.06 bits per heavy atom. The van der Waals surface area contributed by atoms with Crippen molar-refractivity contribution >= 4 is 0 Å². The standard InChI is InChI=1S/C15H31N3/c1-17-9-7-15(8-10-17)18(2)12-14-6-4-3-5-13(14)11-16/h13-15H,3-12,16H2,1-2H3. The predicted molar refractivity (Wildman–Crippen MR) is 77.7 cm³/mol. The highest BCUT2D eigenvalue weighted by Crippen LogP contribution is 2.30. The summed E-state index contributed by atoms with van der Waals surface area (Å²) in [7, 11) is 4.57. The van der Waals surface area contributed by atoms with Gasteiger partial charge in [-0.15, -0.1) is 0 Å². The Labute approximate surface area is 113 Å². The van der Waals surface area contributed by atoms with Gasteiger partial charge in [-0.2, -0.15) is 0 Å². The van der Waals surface area contributed by atoms with Crippen molar-refractivity contribution in [1.29, 1.82) is 0 Å². The van der Waals surface area contributed by atoms with Crippen LogP contribution in [-0.4, -0.2) is 56.1 Å². The molecule has 2 rings (SSSR count). The first-order valence-corrected chi connectivity index (χ1v) is 7.79. The molecule has 0 aromatic heterocycles. The van der Waals surface area contributed by atoms with Crippen molar-refractivity contribution in [2.45, 2.75) is 44.6 Å². The first-order chi connectivity index (χ1) is 8.70. The Hall–Kier alpha value is -0.120. The molecular weight excluding hydrogens is 222 g/mol. The van der Waals surface area contributed by atoms with Crippen LogP contribution in [0.1, 0.15) is 38.5 Å². The minimum atomic E-state index is 0.785. The second-order valence-corrected chi connectivity index (χ2v) is 6.51. The van der Waals surface area contributed by atoms with Crippen LogP contribution in [0.2, 0.25) is 0 Å². The molecule has 1 saturated carbocycles. The lowest BCUT2D eigenvalue weighted by Crippen LogP contribution is -2.45. The van der Waals surface area contributed by atoms with Gasteiger partial charge in [-0.3, -0.25) is 0 Å². The molecular formula is C15H31N3. The van der Waals surface area contributed by atoms with E-state index in [0.717, 1.165) is 24.4 Å². The van der Waals surface area contributed by atoms with Crippen molar-refractivity contribution < 1.29 is 0 Å². The van der Waals surface area contributed by atoms with Gasteiger partial charge in [-0.05, 0) is 71.2 Å². The molecule has 0 aromatic carbocycles. The number of nitrogens with two attached hydrogens (primary N) is 1. The van der Waals surface area contributed by atoms with E-state index in [4.69, 9.17) is 5.73 Å². The van der Waals surface area contributed by atoms with Crippen LogP contribution in [0.5, 0.6) is 0 Å². The van der Waals surface area contributed by atoms with E-state index in [1.165, 1.54) is 58.2 Å². The number of nitrogens with zero attached hydrogens (tertiary/aromatic N) is 2. The fourth-order valence-electron chi connectivity index (χ4n) is 3.79. The minimum Gasteiger partial charge on any atom is -0.330 e. The monoisotopic (exact) mass is 253 g/mol. The van der Waals surface area contributed by atoms with Gasteiger partial charge >= 0.3 is 0 Å². The first kappa shape index (κ1) is 14.3. The lowest BCUT2D eigenvalue weighted by atomic mass is 9.79. The van der Waals surface area contributed by atoms with Gasteiger partial charge in [0, 0.05) is 12.6 Å². The minimum absolute atomic E-state index is 0.785. The molecule has 2 fully saturated rings. The van der Waals surface area contributed by atoms with Gasteiger partial charge in [-0.25, -0.2) is 0 Å². The summed E-state index contributed by atoms with van der Waals surface area (Å²) >= 11 is 0. The largest absolute Gasteiger partial charge is 0.330 e. The van der Waals surface area contributed by atoms with Crippen LogP contribution >= 0.6 is 0 Å². The zero-order chi connectivity index (χ0) is 13.0. The highest BCUT2D eigenvalue weighted by Gasteiger charge is 2.28. The third kappa shape index (κ3) is 3.69. The predicted octanol–water partition coefficient (Wildman–Crippen LogP) is 1.78. The van der Waals surface area contributed by atoms with Gasteiger partial charge in [0.15, 0.2) is 0 Å². The summed E-state index contributed by atoms with van der Waals surface area (Å²) in [6.45, 7) is 4.70. The normalized spacial score (nSPS) is 32.0. The van der Waals surface area contributed by atoms with Crippen LogP contribution in [0.3, 0.4) is 0 Å². The van der Waals surface area contributed by atoms with Crippen LogP contribution < -0.4 is 5.73 Å². The van der Waals surface area contributed by atoms with Crippen molar-refractivity contribution in [2.24, 2.45) is 17.6 Å². The first-order valence-electron chi connectivity index (χ1n) is 7.79. The van der Waals surface area contributed by atoms with Crippen LogP contribution in [0.4, 0.5) is 0 Å². The van der Waals surface area contributed by atoms with Gasteiger partial charge < -0.3 is 15.5 Å². The molecule has 0 spiro atoms. The Bertz CT molecular complexity index is 236. The SMILES string of the molecule is CN1CCC(N(C)CC2CCCCC2CN)CC1. The molecule has 1 saturated heterocycles. The smallest absolute Gasteiger partial charge is 0.0117 e. The second kappa shape index (κ2) is 6.88. The van der Waals surface area contributed by atoms with Gasteiger partial charge in [-0.1, -0.05) is 12.8 Å². The number of rotatable bonds is 4. The number of hydrogen-bond donors (Lipinski definition) is 1. The zero-order valence-corrected chi connectivity index (χ0v) is 12.3. The quantitative estimate of drug-likeness (QED) is 0.829. The fourth-order valence-corrected chi connectivity index (χ4v) is 3.79. The van der Waals surface area contributed by atoms with Gasteiger partial charge in [0.05, 0.1) is 0 Å². The average Bonchev–Trinajstić information content (AvgIpc) is 2.40. The summed E-state index contributed by atoms with van der Waals surface area (Å²) in [5.41, 5.74) is 5.94. The molecule has 3 heteroatoms. The summed E-state index contributed by atoms with van der Waals surface area (Å²) in [6, 6.07) is 0.807. The maximum absolute atomic E-state index is 5.94. The molecule has 0 radical (unpaired) electrons. The summed E-state index contributed by atoms with van der Waals surface area (Å²) in [6.07, 6.45) is 8.26. The van der Waals surface area contributed by atoms with E-state index in [-0.39, 0.29) is 0 Å². The summed E-state index contributed by atoms with van der Waals surface area (Å²) in [5.74, 6) is 1.64. The maximum Gasteiger partial charge on any atom is 0.0117 e. The third-order valence-corrected chi connectivity index (χ3v) is 5.20. The third-order valence-electron chi connectivity index (χ3n) is 5.20. The zero-order valence-electron chi connectivity index (χ0n) is 12.3. The Morgan fingerprint density at radius 2 is 1.67 bits per heavy atom. The van der Waals surface area contributed by atoms with Crippen LogP contribution in [0.25, 0.3) is 0 Å². The molecule has 18 heavy (non-hydrogen) atoms.